The lowest BCUT2D eigenvalue weighted by Crippen LogP contribution is -2.51. The zero-order valence-electron chi connectivity index (χ0n) is 21.9. The minimum absolute atomic E-state index is 0.0783. The van der Waals surface area contributed by atoms with Crippen LogP contribution < -0.4 is 14.4 Å². The number of nitrogens with one attached hydrogen (secondary N) is 1. The average molecular weight is 576 g/mol. The van der Waals surface area contributed by atoms with Gasteiger partial charge < -0.3 is 15.0 Å². The lowest BCUT2D eigenvalue weighted by molar-refractivity contribution is -0.139. The fraction of sp³-hybridized carbons (Fsp3) is 0.286. The van der Waals surface area contributed by atoms with E-state index in [2.05, 4.69) is 5.32 Å². The minimum Gasteiger partial charge on any atom is -0.497 e. The van der Waals surface area contributed by atoms with Crippen LogP contribution in [0.5, 0.6) is 5.75 Å². The summed E-state index contributed by atoms with van der Waals surface area (Å²) in [5.74, 6) is -1.22. The van der Waals surface area contributed by atoms with Gasteiger partial charge >= 0.3 is 0 Å². The van der Waals surface area contributed by atoms with Crippen LogP contribution in [0.1, 0.15) is 25.8 Å². The highest BCUT2D eigenvalue weighted by Crippen LogP contribution is 2.28. The van der Waals surface area contributed by atoms with Gasteiger partial charge in [-0.15, -0.1) is 0 Å². The highest BCUT2D eigenvalue weighted by Gasteiger charge is 2.33. The molecule has 0 aliphatic carbocycles. The quantitative estimate of drug-likeness (QED) is 0.340. The van der Waals surface area contributed by atoms with Crippen LogP contribution >= 0.6 is 11.6 Å². The Bertz CT molecular complexity index is 1400. The summed E-state index contributed by atoms with van der Waals surface area (Å²) in [5.41, 5.74) is 0.342. The number of methoxy groups -OCH3 is 1. The molecule has 8 nitrogen and oxygen atoms in total. The summed E-state index contributed by atoms with van der Waals surface area (Å²) in [5, 5.41) is 3.01. The Hall–Kier alpha value is -3.63. The number of anilines is 1. The first kappa shape index (κ1) is 29.9. The van der Waals surface area contributed by atoms with Crippen molar-refractivity contribution in [3.8, 4) is 5.75 Å². The molecule has 0 aliphatic rings. The van der Waals surface area contributed by atoms with Gasteiger partial charge in [0.2, 0.25) is 11.8 Å². The molecule has 11 heteroatoms. The van der Waals surface area contributed by atoms with E-state index in [0.717, 1.165) is 4.31 Å². The van der Waals surface area contributed by atoms with E-state index in [4.69, 9.17) is 16.3 Å². The van der Waals surface area contributed by atoms with E-state index in [0.29, 0.717) is 18.7 Å². The van der Waals surface area contributed by atoms with E-state index < -0.39 is 40.2 Å². The van der Waals surface area contributed by atoms with E-state index in [1.165, 1.54) is 73.5 Å². The third-order valence-corrected chi connectivity index (χ3v) is 8.06. The molecule has 1 atom stereocenters. The van der Waals surface area contributed by atoms with Crippen LogP contribution in [0.3, 0.4) is 0 Å². The third kappa shape index (κ3) is 7.48. The zero-order chi connectivity index (χ0) is 28.6. The lowest BCUT2D eigenvalue weighted by Gasteiger charge is -2.32. The molecule has 39 heavy (non-hydrogen) atoms. The predicted molar refractivity (Wildman–Crippen MR) is 149 cm³/mol. The maximum atomic E-state index is 14.6. The molecule has 0 saturated heterocycles. The van der Waals surface area contributed by atoms with E-state index in [9.17, 15) is 22.4 Å². The predicted octanol–water partition coefficient (Wildman–Crippen LogP) is 4.63. The van der Waals surface area contributed by atoms with E-state index in [1.54, 1.807) is 18.2 Å². The molecule has 0 radical (unpaired) electrons. The molecule has 0 aliphatic heterocycles. The van der Waals surface area contributed by atoms with Crippen LogP contribution in [0.15, 0.2) is 77.7 Å². The fourth-order valence-electron chi connectivity index (χ4n) is 3.82. The van der Waals surface area contributed by atoms with Crippen LogP contribution in [0, 0.1) is 5.82 Å². The van der Waals surface area contributed by atoms with Crippen LogP contribution in [0.25, 0.3) is 0 Å². The largest absolute Gasteiger partial charge is 0.497 e. The molecule has 0 bridgehead atoms. The molecule has 0 aromatic heterocycles. The molecule has 2 amide bonds. The topological polar surface area (TPSA) is 96.0 Å². The number of ether oxygens (including phenoxy) is 1. The smallest absolute Gasteiger partial charge is 0.264 e. The Morgan fingerprint density at radius 3 is 2.36 bits per heavy atom. The van der Waals surface area contributed by atoms with Gasteiger partial charge in [0.1, 0.15) is 24.2 Å². The first-order chi connectivity index (χ1) is 18.6. The summed E-state index contributed by atoms with van der Waals surface area (Å²) in [6.07, 6.45) is 0.683. The normalized spacial score (nSPS) is 11.9. The van der Waals surface area contributed by atoms with Crippen molar-refractivity contribution < 1.29 is 27.1 Å². The number of carbonyl (C=O) groups excluding carboxylic acids is 2. The maximum Gasteiger partial charge on any atom is 0.264 e. The van der Waals surface area contributed by atoms with Crippen molar-refractivity contribution in [3.05, 3.63) is 89.2 Å². The summed E-state index contributed by atoms with van der Waals surface area (Å²) in [4.78, 5) is 27.7. The fourth-order valence-corrected chi connectivity index (χ4v) is 5.41. The molecule has 3 aromatic carbocycles. The molecule has 0 heterocycles. The SMILES string of the molecule is CCCNC(=O)C(C)N(Cc1ccccc1F)C(=O)CN(c1cccc(Cl)c1)S(=O)(=O)c1ccc(OC)cc1. The third-order valence-electron chi connectivity index (χ3n) is 6.04. The van der Waals surface area contributed by atoms with Gasteiger partial charge in [0.25, 0.3) is 10.0 Å². The summed E-state index contributed by atoms with van der Waals surface area (Å²) >= 11 is 6.16. The minimum atomic E-state index is -4.27. The summed E-state index contributed by atoms with van der Waals surface area (Å²) in [6.45, 7) is 2.91. The second-order valence-corrected chi connectivity index (χ2v) is 11.0. The van der Waals surface area contributed by atoms with Gasteiger partial charge in [0, 0.05) is 23.7 Å². The number of amides is 2. The van der Waals surface area contributed by atoms with Crippen molar-refractivity contribution >= 4 is 39.1 Å². The zero-order valence-corrected chi connectivity index (χ0v) is 23.5. The first-order valence-electron chi connectivity index (χ1n) is 12.3. The van der Waals surface area contributed by atoms with Gasteiger partial charge in [-0.3, -0.25) is 13.9 Å². The van der Waals surface area contributed by atoms with Crippen molar-refractivity contribution in [1.82, 2.24) is 10.2 Å². The molecular weight excluding hydrogens is 545 g/mol. The van der Waals surface area contributed by atoms with Crippen molar-refractivity contribution in [2.45, 2.75) is 37.8 Å². The van der Waals surface area contributed by atoms with Gasteiger partial charge in [-0.2, -0.15) is 0 Å². The van der Waals surface area contributed by atoms with Gasteiger partial charge in [0.05, 0.1) is 17.7 Å². The molecule has 208 valence electrons. The first-order valence-corrected chi connectivity index (χ1v) is 14.1. The molecule has 0 saturated carbocycles. The maximum absolute atomic E-state index is 14.6. The number of benzene rings is 3. The van der Waals surface area contributed by atoms with Crippen LogP contribution in [-0.2, 0) is 26.2 Å². The van der Waals surface area contributed by atoms with Crippen LogP contribution in [-0.4, -0.2) is 51.4 Å². The van der Waals surface area contributed by atoms with Gasteiger partial charge in [-0.25, -0.2) is 12.8 Å². The lowest BCUT2D eigenvalue weighted by atomic mass is 10.1. The van der Waals surface area contributed by atoms with E-state index in [1.807, 2.05) is 6.92 Å². The van der Waals surface area contributed by atoms with Crippen molar-refractivity contribution in [1.29, 1.82) is 0 Å². The number of carbonyl (C=O) groups is 2. The summed E-state index contributed by atoms with van der Waals surface area (Å²) < 4.78 is 48.2. The van der Waals surface area contributed by atoms with Crippen LogP contribution in [0.2, 0.25) is 5.02 Å². The molecule has 0 fully saturated rings. The number of hydrogen-bond donors (Lipinski definition) is 1. The molecular formula is C28H31ClFN3O5S. The Morgan fingerprint density at radius 2 is 1.74 bits per heavy atom. The second-order valence-electron chi connectivity index (χ2n) is 8.75. The molecule has 3 rings (SSSR count). The Balaban J connectivity index is 2.03. The standard InChI is InChI=1S/C28H31ClFN3O5S/c1-4-16-31-28(35)20(2)32(18-21-8-5-6-11-26(21)30)27(34)19-33(23-10-7-9-22(29)17-23)39(36,37)25-14-12-24(38-3)13-15-25/h5-15,17,20H,4,16,18-19H2,1-3H3,(H,31,35). The van der Waals surface area contributed by atoms with Crippen molar-refractivity contribution in [2.75, 3.05) is 24.5 Å². The Kier molecular flexibility index (Phi) is 10.3. The number of nitrogens with zero attached hydrogens (tertiary/aromatic N) is 2. The van der Waals surface area contributed by atoms with Gasteiger partial charge in [-0.1, -0.05) is 42.8 Å². The Morgan fingerprint density at radius 1 is 1.05 bits per heavy atom. The Labute approximate surface area is 233 Å². The van der Waals surface area contributed by atoms with Crippen molar-refractivity contribution in [2.24, 2.45) is 0 Å². The summed E-state index contributed by atoms with van der Waals surface area (Å²) in [6, 6.07) is 16.7. The summed E-state index contributed by atoms with van der Waals surface area (Å²) in [7, 11) is -2.81. The molecule has 1 unspecified atom stereocenters. The number of hydrogen-bond acceptors (Lipinski definition) is 5. The number of rotatable bonds is 12. The van der Waals surface area contributed by atoms with E-state index >= 15 is 0 Å². The second kappa shape index (κ2) is 13.4. The molecule has 0 spiro atoms. The average Bonchev–Trinajstić information content (AvgIpc) is 2.93. The highest BCUT2D eigenvalue weighted by atomic mass is 35.5. The monoisotopic (exact) mass is 575 g/mol. The van der Waals surface area contributed by atoms with Gasteiger partial charge in [-0.05, 0) is 61.9 Å². The number of halogens is 2. The number of sulfonamides is 1. The molecule has 1 N–H and O–H groups in total. The highest BCUT2D eigenvalue weighted by molar-refractivity contribution is 7.92. The van der Waals surface area contributed by atoms with Crippen LogP contribution in [0.4, 0.5) is 10.1 Å². The van der Waals surface area contributed by atoms with E-state index in [-0.39, 0.29) is 27.7 Å². The van der Waals surface area contributed by atoms with Gasteiger partial charge in [0.15, 0.2) is 0 Å². The molecule has 3 aromatic rings. The van der Waals surface area contributed by atoms with Crippen molar-refractivity contribution in [3.63, 3.8) is 0 Å².